The zero-order valence-corrected chi connectivity index (χ0v) is 17.8. The standard InChI is InChI=1S/C17H20N2O4.3CO.Fe/c1-17(2)13-9-7-5-6-8(10(9)14(13)18-19-17)12(16(21)23-4)11(7)15(20)22-3;3*1-2;/h5-10,13-14H,1-4H3;;;;/t7-,8+,9+,10-,13-,14+;;;;/m0..../s1. The van der Waals surface area contributed by atoms with E-state index in [4.69, 9.17) is 23.4 Å². The minimum Gasteiger partial charge on any atom is 0 e. The Hall–Kier alpha value is -2.24. The summed E-state index contributed by atoms with van der Waals surface area (Å²) in [5, 5.41) is 8.91. The van der Waals surface area contributed by atoms with Crippen molar-refractivity contribution in [2.24, 2.45) is 39.8 Å². The van der Waals surface area contributed by atoms with Crippen LogP contribution in [0.1, 0.15) is 13.8 Å². The molecule has 0 unspecified atom stereocenters. The third kappa shape index (κ3) is 4.01. The summed E-state index contributed by atoms with van der Waals surface area (Å²) in [6.45, 7) is 17.7. The van der Waals surface area contributed by atoms with E-state index < -0.39 is 11.9 Å². The number of azo groups is 1. The van der Waals surface area contributed by atoms with E-state index in [9.17, 15) is 9.59 Å². The van der Waals surface area contributed by atoms with E-state index in [0.717, 1.165) is 0 Å². The number of fused-ring (bicyclic) bond motifs is 1. The van der Waals surface area contributed by atoms with Crippen LogP contribution < -0.4 is 0 Å². The topological polar surface area (TPSA) is 137 Å². The van der Waals surface area contributed by atoms with Crippen molar-refractivity contribution >= 4 is 11.9 Å². The van der Waals surface area contributed by atoms with E-state index >= 15 is 0 Å². The molecule has 0 amide bonds. The molecule has 0 saturated heterocycles. The second kappa shape index (κ2) is 11.2. The zero-order valence-electron chi connectivity index (χ0n) is 16.7. The van der Waals surface area contributed by atoms with Gasteiger partial charge in [-0.25, -0.2) is 9.59 Å². The minimum absolute atomic E-state index is 0. The number of nitrogens with zero attached hydrogens (tertiary/aromatic N) is 2. The van der Waals surface area contributed by atoms with Gasteiger partial charge in [0.15, 0.2) is 0 Å². The van der Waals surface area contributed by atoms with Crippen LogP contribution in [-0.4, -0.2) is 37.7 Å². The molecule has 10 heteroatoms. The smallest absolute Gasteiger partial charge is 0 e. The van der Waals surface area contributed by atoms with Crippen LogP contribution in [0.4, 0.5) is 0 Å². The number of methoxy groups -OCH3 is 2. The molecule has 1 fully saturated rings. The summed E-state index contributed by atoms with van der Waals surface area (Å²) in [7, 11) is 2.69. The molecule has 4 aliphatic carbocycles. The summed E-state index contributed by atoms with van der Waals surface area (Å²) in [4.78, 5) is 24.7. The van der Waals surface area contributed by atoms with E-state index in [1.54, 1.807) is 0 Å². The van der Waals surface area contributed by atoms with E-state index in [0.29, 0.717) is 17.1 Å². The van der Waals surface area contributed by atoms with Crippen molar-refractivity contribution in [2.45, 2.75) is 25.4 Å². The molecule has 1 aliphatic heterocycles. The molecular weight excluding hydrogens is 436 g/mol. The van der Waals surface area contributed by atoms with Gasteiger partial charge in [-0.1, -0.05) is 12.2 Å². The molecule has 5 rings (SSSR count). The number of esters is 2. The molecule has 0 N–H and O–H groups in total. The molecule has 0 aromatic rings. The van der Waals surface area contributed by atoms with Crippen molar-refractivity contribution < 1.29 is 50.1 Å². The number of carbonyl (C=O) groups is 2. The molecule has 6 atom stereocenters. The first-order chi connectivity index (χ1) is 13.9. The normalized spacial score (nSPS) is 31.8. The first-order valence-corrected chi connectivity index (χ1v) is 8.54. The van der Waals surface area contributed by atoms with Gasteiger partial charge in [0.2, 0.25) is 0 Å². The summed E-state index contributed by atoms with van der Waals surface area (Å²) < 4.78 is 32.4. The monoisotopic (exact) mass is 456 g/mol. The summed E-state index contributed by atoms with van der Waals surface area (Å²) in [6.07, 6.45) is 4.08. The van der Waals surface area contributed by atoms with Gasteiger partial charge in [-0.3, -0.25) is 0 Å². The van der Waals surface area contributed by atoms with Crippen LogP contribution in [0.2, 0.25) is 0 Å². The van der Waals surface area contributed by atoms with Crippen LogP contribution in [0.3, 0.4) is 0 Å². The molecule has 2 bridgehead atoms. The second-order valence-corrected chi connectivity index (χ2v) is 7.29. The largest absolute Gasteiger partial charge is 0 e. The van der Waals surface area contributed by atoms with Crippen LogP contribution >= 0.6 is 0 Å². The molecular formula is C20H20FeN2O7. The molecule has 9 nitrogen and oxygen atoms in total. The molecule has 30 heavy (non-hydrogen) atoms. The minimum atomic E-state index is -0.444. The van der Waals surface area contributed by atoms with Gasteiger partial charge in [0.1, 0.15) is 0 Å². The predicted octanol–water partition coefficient (Wildman–Crippen LogP) is 1.80. The second-order valence-electron chi connectivity index (χ2n) is 7.29. The van der Waals surface area contributed by atoms with Crippen molar-refractivity contribution in [3.63, 3.8) is 0 Å². The zero-order chi connectivity index (χ0) is 22.5. The Morgan fingerprint density at radius 3 is 1.70 bits per heavy atom. The van der Waals surface area contributed by atoms with Crippen molar-refractivity contribution in [1.29, 1.82) is 0 Å². The van der Waals surface area contributed by atoms with Crippen molar-refractivity contribution in [2.75, 3.05) is 14.2 Å². The summed E-state index contributed by atoms with van der Waals surface area (Å²) in [6, 6.07) is 0.131. The van der Waals surface area contributed by atoms with E-state index in [2.05, 4.69) is 50.1 Å². The number of ether oxygens (including phenoxy) is 2. The van der Waals surface area contributed by atoms with Gasteiger partial charge < -0.3 is 9.47 Å². The number of allylic oxidation sites excluding steroid dienone is 2. The fourth-order valence-electron chi connectivity index (χ4n) is 5.17. The summed E-state index contributed by atoms with van der Waals surface area (Å²) in [5.74, 6) is -0.317. The number of rotatable bonds is 2. The van der Waals surface area contributed by atoms with Gasteiger partial charge in [-0.05, 0) is 25.7 Å². The molecule has 160 valence electrons. The van der Waals surface area contributed by atoms with Crippen molar-refractivity contribution in [3.05, 3.63) is 43.2 Å². The Bertz CT molecular complexity index is 810. The Balaban J connectivity index is 0.00000111. The van der Waals surface area contributed by atoms with Crippen LogP contribution in [0, 0.1) is 49.5 Å². The average molecular weight is 456 g/mol. The summed E-state index contributed by atoms with van der Waals surface area (Å²) >= 11 is 0. The van der Waals surface area contributed by atoms with Gasteiger partial charge >= 0.3 is 45.8 Å². The Labute approximate surface area is 185 Å². The third-order valence-electron chi connectivity index (χ3n) is 6.01. The molecule has 0 spiro atoms. The Kier molecular flexibility index (Phi) is 10.4. The Morgan fingerprint density at radius 2 is 1.30 bits per heavy atom. The number of hydrogen-bond donors (Lipinski definition) is 0. The maximum absolute atomic E-state index is 12.3. The number of carbonyl (C=O) groups excluding carboxylic acids is 2. The van der Waals surface area contributed by atoms with E-state index in [1.165, 1.54) is 14.2 Å². The first kappa shape index (κ1) is 27.8. The van der Waals surface area contributed by atoms with Gasteiger partial charge in [-0.15, -0.1) is 0 Å². The SMILES string of the molecule is COC(=O)C1=C(C(=O)OC)[C@@H]2C=C[C@H]1[C@@H]1[C@H]2[C@H]2N=NC(C)(C)[C@H]21.[C-]#[O+].[C-]#[O+].[C-]#[O+].[Fe]. The molecule has 5 aliphatic rings. The Morgan fingerprint density at radius 1 is 0.900 bits per heavy atom. The van der Waals surface area contributed by atoms with Gasteiger partial charge in [0.25, 0.3) is 0 Å². The van der Waals surface area contributed by atoms with Crippen molar-refractivity contribution in [1.82, 2.24) is 0 Å². The molecule has 1 heterocycles. The molecule has 0 aromatic heterocycles. The van der Waals surface area contributed by atoms with Crippen LogP contribution in [-0.2, 0) is 50.1 Å². The fraction of sp³-hybridized carbons (Fsp3) is 0.550. The number of hydrogen-bond acceptors (Lipinski definition) is 6. The average Bonchev–Trinajstić information content (AvgIpc) is 3.02. The van der Waals surface area contributed by atoms with Crippen LogP contribution in [0.25, 0.3) is 0 Å². The van der Waals surface area contributed by atoms with E-state index in [-0.39, 0.29) is 52.3 Å². The summed E-state index contributed by atoms with van der Waals surface area (Å²) in [5.41, 5.74) is 0.699. The first-order valence-electron chi connectivity index (χ1n) is 8.54. The molecule has 0 aromatic carbocycles. The predicted molar refractivity (Wildman–Crippen MR) is 92.2 cm³/mol. The molecule has 1 saturated carbocycles. The van der Waals surface area contributed by atoms with Crippen LogP contribution in [0.5, 0.6) is 0 Å². The van der Waals surface area contributed by atoms with Crippen LogP contribution in [0.15, 0.2) is 33.5 Å². The maximum atomic E-state index is 12.3. The van der Waals surface area contributed by atoms with Crippen molar-refractivity contribution in [3.8, 4) is 0 Å². The van der Waals surface area contributed by atoms with Gasteiger partial charge in [0.05, 0.1) is 36.9 Å². The third-order valence-corrected chi connectivity index (χ3v) is 6.01. The quantitative estimate of drug-likeness (QED) is 0.206. The fourth-order valence-corrected chi connectivity index (χ4v) is 5.17. The van der Waals surface area contributed by atoms with E-state index in [1.807, 2.05) is 6.08 Å². The van der Waals surface area contributed by atoms with Gasteiger partial charge in [0, 0.05) is 34.8 Å². The molecule has 0 radical (unpaired) electrons. The maximum Gasteiger partial charge on any atom is 0 e. The van der Waals surface area contributed by atoms with Gasteiger partial charge in [-0.2, -0.15) is 10.2 Å².